The highest BCUT2D eigenvalue weighted by molar-refractivity contribution is 6.04. The Balaban J connectivity index is 1.53. The third-order valence-corrected chi connectivity index (χ3v) is 5.15. The molecule has 40 heavy (non-hydrogen) atoms. The van der Waals surface area contributed by atoms with Crippen molar-refractivity contribution in [1.82, 2.24) is 0 Å². The number of furan rings is 2. The monoisotopic (exact) mass is 566 g/mol. The molecule has 0 bridgehead atoms. The Labute approximate surface area is 220 Å². The molecule has 4 aromatic rings. The molecule has 2 aromatic carbocycles. The number of halogens is 6. The van der Waals surface area contributed by atoms with E-state index in [9.17, 15) is 40.7 Å². The lowest BCUT2D eigenvalue weighted by molar-refractivity contribution is -0.137. The zero-order valence-corrected chi connectivity index (χ0v) is 19.7. The molecule has 0 radical (unpaired) electrons. The molecule has 0 saturated heterocycles. The summed E-state index contributed by atoms with van der Waals surface area (Å²) in [6.07, 6.45) is -7.65. The summed E-state index contributed by atoms with van der Waals surface area (Å²) in [5, 5.41) is 8.15. The second kappa shape index (κ2) is 10.9. The highest BCUT2D eigenvalue weighted by Crippen LogP contribution is 2.38. The number of alkyl halides is 6. The molecule has 0 saturated carbocycles. The standard InChI is InChI=1S/C25H16F6N4O5/c26-24(27,28)15-11-13(32-21(36)19-3-1-9-39-19)5-7-17(15)34-23(38)35-18-8-6-14(12-16(18)25(29,30)31)33-22(37)20-4-2-10-40-20/h1-12H,(H,32,36)(H,33,37)(H2,34,35,38). The normalized spacial score (nSPS) is 11.6. The number of nitrogens with one attached hydrogen (secondary N) is 4. The molecular formula is C25H16F6N4O5. The molecule has 0 spiro atoms. The first-order valence-corrected chi connectivity index (χ1v) is 11.0. The van der Waals surface area contributed by atoms with Crippen LogP contribution < -0.4 is 21.3 Å². The van der Waals surface area contributed by atoms with Crippen molar-refractivity contribution in [2.75, 3.05) is 21.3 Å². The van der Waals surface area contributed by atoms with E-state index >= 15 is 0 Å². The molecule has 9 nitrogen and oxygen atoms in total. The Hall–Kier alpha value is -5.21. The third-order valence-electron chi connectivity index (χ3n) is 5.15. The predicted molar refractivity (Wildman–Crippen MR) is 129 cm³/mol. The molecule has 15 heteroatoms. The second-order valence-corrected chi connectivity index (χ2v) is 7.96. The van der Waals surface area contributed by atoms with Gasteiger partial charge in [0.15, 0.2) is 11.5 Å². The number of carbonyl (C=O) groups is 3. The Kier molecular flexibility index (Phi) is 7.56. The number of benzene rings is 2. The smallest absolute Gasteiger partial charge is 0.418 e. The van der Waals surface area contributed by atoms with Gasteiger partial charge >= 0.3 is 18.4 Å². The molecule has 0 atom stereocenters. The lowest BCUT2D eigenvalue weighted by Gasteiger charge is -2.18. The molecule has 4 N–H and O–H groups in total. The average Bonchev–Trinajstić information content (AvgIpc) is 3.59. The molecule has 208 valence electrons. The van der Waals surface area contributed by atoms with E-state index in [0.29, 0.717) is 12.1 Å². The summed E-state index contributed by atoms with van der Waals surface area (Å²) >= 11 is 0. The number of hydrogen-bond acceptors (Lipinski definition) is 5. The molecule has 0 fully saturated rings. The van der Waals surface area contributed by atoms with Crippen LogP contribution in [0.25, 0.3) is 0 Å². The molecule has 0 aliphatic carbocycles. The van der Waals surface area contributed by atoms with E-state index in [0.717, 1.165) is 24.3 Å². The van der Waals surface area contributed by atoms with E-state index in [1.165, 1.54) is 36.8 Å². The van der Waals surface area contributed by atoms with E-state index in [1.54, 1.807) is 0 Å². The van der Waals surface area contributed by atoms with Crippen LogP contribution in [0.1, 0.15) is 32.2 Å². The Morgan fingerprint density at radius 1 is 0.575 bits per heavy atom. The number of rotatable bonds is 6. The third kappa shape index (κ3) is 6.61. The average molecular weight is 566 g/mol. The minimum atomic E-state index is -5.01. The van der Waals surface area contributed by atoms with Crippen LogP contribution in [0.3, 0.4) is 0 Å². The minimum Gasteiger partial charge on any atom is -0.459 e. The summed E-state index contributed by atoms with van der Waals surface area (Å²) < 4.78 is 91.9. The first-order valence-electron chi connectivity index (χ1n) is 11.0. The van der Waals surface area contributed by atoms with Gasteiger partial charge in [-0.15, -0.1) is 0 Å². The van der Waals surface area contributed by atoms with Crippen molar-refractivity contribution in [3.8, 4) is 0 Å². The first-order chi connectivity index (χ1) is 18.8. The number of anilines is 4. The van der Waals surface area contributed by atoms with Crippen molar-refractivity contribution in [2.45, 2.75) is 12.4 Å². The molecular weight excluding hydrogens is 550 g/mol. The quantitative estimate of drug-likeness (QED) is 0.186. The SMILES string of the molecule is O=C(Nc1ccc(NC(=O)c2ccco2)cc1C(F)(F)F)Nc1ccc(NC(=O)c2ccco2)cc1C(F)(F)F. The van der Waals surface area contributed by atoms with Gasteiger partial charge in [-0.3, -0.25) is 9.59 Å². The van der Waals surface area contributed by atoms with Gasteiger partial charge in [0.2, 0.25) is 0 Å². The van der Waals surface area contributed by atoms with Gasteiger partial charge in [0.1, 0.15) is 0 Å². The fourth-order valence-corrected chi connectivity index (χ4v) is 3.41. The van der Waals surface area contributed by atoms with E-state index in [4.69, 9.17) is 8.83 Å². The van der Waals surface area contributed by atoms with Gasteiger partial charge in [0.25, 0.3) is 11.8 Å². The van der Waals surface area contributed by atoms with E-state index < -0.39 is 52.7 Å². The highest BCUT2D eigenvalue weighted by Gasteiger charge is 2.36. The lowest BCUT2D eigenvalue weighted by atomic mass is 10.1. The summed E-state index contributed by atoms with van der Waals surface area (Å²) in [6, 6.07) is 8.75. The van der Waals surface area contributed by atoms with Crippen molar-refractivity contribution in [3.05, 3.63) is 95.8 Å². The van der Waals surface area contributed by atoms with E-state index in [-0.39, 0.29) is 22.9 Å². The second-order valence-electron chi connectivity index (χ2n) is 7.96. The molecule has 0 unspecified atom stereocenters. The number of carbonyl (C=O) groups excluding carboxylic acids is 3. The van der Waals surface area contributed by atoms with Crippen molar-refractivity contribution in [1.29, 1.82) is 0 Å². The summed E-state index contributed by atoms with van der Waals surface area (Å²) in [5.41, 5.74) is -4.93. The molecule has 2 aromatic heterocycles. The topological polar surface area (TPSA) is 126 Å². The predicted octanol–water partition coefficient (Wildman–Crippen LogP) is 7.06. The number of amides is 4. The lowest BCUT2D eigenvalue weighted by Crippen LogP contribution is -2.24. The van der Waals surface area contributed by atoms with E-state index in [2.05, 4.69) is 10.6 Å². The number of urea groups is 1. The van der Waals surface area contributed by atoms with Crippen molar-refractivity contribution in [2.24, 2.45) is 0 Å². The summed E-state index contributed by atoms with van der Waals surface area (Å²) in [6.45, 7) is 0. The zero-order chi connectivity index (χ0) is 29.1. The van der Waals surface area contributed by atoms with Gasteiger partial charge in [0, 0.05) is 11.4 Å². The Morgan fingerprint density at radius 3 is 1.30 bits per heavy atom. The van der Waals surface area contributed by atoms with Gasteiger partial charge in [-0.25, -0.2) is 4.79 Å². The van der Waals surface area contributed by atoms with Crippen molar-refractivity contribution in [3.63, 3.8) is 0 Å². The van der Waals surface area contributed by atoms with Crippen LogP contribution in [0.4, 0.5) is 53.9 Å². The van der Waals surface area contributed by atoms with Crippen molar-refractivity contribution >= 4 is 40.6 Å². The van der Waals surface area contributed by atoms with Crippen LogP contribution >= 0.6 is 0 Å². The maximum absolute atomic E-state index is 13.7. The summed E-state index contributed by atoms with van der Waals surface area (Å²) in [4.78, 5) is 36.6. The van der Waals surface area contributed by atoms with Gasteiger partial charge < -0.3 is 30.1 Å². The van der Waals surface area contributed by atoms with Gasteiger partial charge in [-0.2, -0.15) is 26.3 Å². The van der Waals surface area contributed by atoms with Crippen LogP contribution in [0.5, 0.6) is 0 Å². The highest BCUT2D eigenvalue weighted by atomic mass is 19.4. The molecule has 0 aliphatic heterocycles. The van der Waals surface area contributed by atoms with Crippen molar-refractivity contribution < 1.29 is 49.6 Å². The van der Waals surface area contributed by atoms with Crippen LogP contribution in [0, 0.1) is 0 Å². The maximum atomic E-state index is 13.7. The van der Waals surface area contributed by atoms with E-state index in [1.807, 2.05) is 10.6 Å². The van der Waals surface area contributed by atoms with Crippen LogP contribution in [0.15, 0.2) is 82.0 Å². The van der Waals surface area contributed by atoms with Crippen LogP contribution in [-0.2, 0) is 12.4 Å². The molecule has 2 heterocycles. The minimum absolute atomic E-state index is 0.165. The maximum Gasteiger partial charge on any atom is 0.418 e. The summed E-state index contributed by atoms with van der Waals surface area (Å²) in [7, 11) is 0. The fourth-order valence-electron chi connectivity index (χ4n) is 3.41. The number of hydrogen-bond donors (Lipinski definition) is 4. The van der Waals surface area contributed by atoms with Crippen LogP contribution in [-0.4, -0.2) is 17.8 Å². The van der Waals surface area contributed by atoms with Gasteiger partial charge in [-0.1, -0.05) is 0 Å². The van der Waals surface area contributed by atoms with Gasteiger partial charge in [0.05, 0.1) is 35.0 Å². The zero-order valence-electron chi connectivity index (χ0n) is 19.7. The van der Waals surface area contributed by atoms with Crippen LogP contribution in [0.2, 0.25) is 0 Å². The molecule has 4 amide bonds. The largest absolute Gasteiger partial charge is 0.459 e. The van der Waals surface area contributed by atoms with Gasteiger partial charge in [-0.05, 0) is 60.7 Å². The molecule has 0 aliphatic rings. The fraction of sp³-hybridized carbons (Fsp3) is 0.0800. The molecule has 4 rings (SSSR count). The Morgan fingerprint density at radius 2 is 0.975 bits per heavy atom. The summed E-state index contributed by atoms with van der Waals surface area (Å²) in [5.74, 6) is -2.00. The first kappa shape index (κ1) is 27.8. The Bertz CT molecular complexity index is 1420.